The minimum Gasteiger partial charge on any atom is -0.481 e. The summed E-state index contributed by atoms with van der Waals surface area (Å²) in [6.45, 7) is 2.58. The van der Waals surface area contributed by atoms with E-state index in [0.29, 0.717) is 42.6 Å². The van der Waals surface area contributed by atoms with Crippen LogP contribution in [0.5, 0.6) is 0 Å². The molecule has 2 amide bonds. The molecule has 1 aliphatic rings. The molecule has 7 nitrogen and oxygen atoms in total. The van der Waals surface area contributed by atoms with E-state index in [9.17, 15) is 18.8 Å². The van der Waals surface area contributed by atoms with Crippen molar-refractivity contribution in [3.8, 4) is 0 Å². The monoisotopic (exact) mass is 388 g/mol. The average Bonchev–Trinajstić information content (AvgIpc) is 3.01. The van der Waals surface area contributed by atoms with E-state index in [2.05, 4.69) is 5.32 Å². The highest BCUT2D eigenvalue weighted by Gasteiger charge is 2.29. The van der Waals surface area contributed by atoms with Gasteiger partial charge in [0.2, 0.25) is 0 Å². The Balaban J connectivity index is 1.59. The van der Waals surface area contributed by atoms with E-state index in [1.807, 2.05) is 0 Å². The number of piperidine rings is 1. The van der Waals surface area contributed by atoms with Gasteiger partial charge in [0, 0.05) is 30.3 Å². The molecule has 0 unspecified atom stereocenters. The Kier molecular flexibility index (Phi) is 5.77. The molecule has 2 heterocycles. The van der Waals surface area contributed by atoms with Gasteiger partial charge in [0.05, 0.1) is 11.8 Å². The van der Waals surface area contributed by atoms with E-state index in [1.54, 1.807) is 11.8 Å². The molecule has 28 heavy (non-hydrogen) atoms. The molecule has 0 saturated carbocycles. The van der Waals surface area contributed by atoms with Crippen LogP contribution in [-0.2, 0) is 11.2 Å². The van der Waals surface area contributed by atoms with Gasteiger partial charge >= 0.3 is 5.97 Å². The molecule has 2 N–H and O–H groups in total. The summed E-state index contributed by atoms with van der Waals surface area (Å²) in [4.78, 5) is 37.7. The highest BCUT2D eigenvalue weighted by molar-refractivity contribution is 5.97. The lowest BCUT2D eigenvalue weighted by Crippen LogP contribution is -2.46. The normalized spacial score (nSPS) is 14.7. The Morgan fingerprint density at radius 2 is 1.86 bits per heavy atom. The molecule has 0 aliphatic carbocycles. The number of nitrogens with one attached hydrogen (secondary N) is 1. The van der Waals surface area contributed by atoms with Crippen LogP contribution >= 0.6 is 0 Å². The molecule has 1 aliphatic heterocycles. The van der Waals surface area contributed by atoms with Gasteiger partial charge in [-0.1, -0.05) is 0 Å². The summed E-state index contributed by atoms with van der Waals surface area (Å²) in [5.41, 5.74) is 1.29. The Morgan fingerprint density at radius 3 is 2.46 bits per heavy atom. The fourth-order valence-corrected chi connectivity index (χ4v) is 3.31. The number of aryl methyl sites for hydroxylation is 1. The van der Waals surface area contributed by atoms with Crippen molar-refractivity contribution in [2.24, 2.45) is 0 Å². The Bertz CT molecular complexity index is 883. The summed E-state index contributed by atoms with van der Waals surface area (Å²) in [6.07, 6.45) is 2.19. The Hall–Kier alpha value is -3.16. The van der Waals surface area contributed by atoms with Gasteiger partial charge in [0.15, 0.2) is 0 Å². The molecule has 0 bridgehead atoms. The van der Waals surface area contributed by atoms with Gasteiger partial charge < -0.3 is 19.7 Å². The number of hydrogen-bond donors (Lipinski definition) is 2. The summed E-state index contributed by atoms with van der Waals surface area (Å²) in [7, 11) is 0. The Morgan fingerprint density at radius 1 is 1.21 bits per heavy atom. The zero-order valence-corrected chi connectivity index (χ0v) is 15.4. The first-order chi connectivity index (χ1) is 13.3. The summed E-state index contributed by atoms with van der Waals surface area (Å²) >= 11 is 0. The number of carboxylic acids is 1. The molecule has 1 aromatic heterocycles. The number of benzene rings is 1. The number of rotatable bonds is 5. The number of amides is 2. The van der Waals surface area contributed by atoms with Gasteiger partial charge in [-0.3, -0.25) is 14.4 Å². The molecule has 2 aromatic rings. The van der Waals surface area contributed by atoms with Crippen LogP contribution in [0.25, 0.3) is 0 Å². The quantitative estimate of drug-likeness (QED) is 0.819. The van der Waals surface area contributed by atoms with Gasteiger partial charge in [-0.25, -0.2) is 4.39 Å². The molecular weight excluding hydrogens is 367 g/mol. The van der Waals surface area contributed by atoms with Crippen LogP contribution in [0.1, 0.15) is 44.9 Å². The fourth-order valence-electron chi connectivity index (χ4n) is 3.31. The van der Waals surface area contributed by atoms with Crippen molar-refractivity contribution in [2.45, 2.75) is 32.2 Å². The highest BCUT2D eigenvalue weighted by Crippen LogP contribution is 2.22. The Labute approximate surface area is 161 Å². The average molecular weight is 388 g/mol. The van der Waals surface area contributed by atoms with Crippen LogP contribution in [0, 0.1) is 12.7 Å². The minimum absolute atomic E-state index is 0.0921. The van der Waals surface area contributed by atoms with Gasteiger partial charge in [0.25, 0.3) is 11.8 Å². The first-order valence-electron chi connectivity index (χ1n) is 8.99. The maximum absolute atomic E-state index is 13.0. The second-order valence-electron chi connectivity index (χ2n) is 6.83. The first-order valence-corrected chi connectivity index (χ1v) is 8.99. The van der Waals surface area contributed by atoms with Crippen molar-refractivity contribution in [1.82, 2.24) is 10.2 Å². The maximum atomic E-state index is 13.0. The number of carbonyl (C=O) groups is 3. The van der Waals surface area contributed by atoms with Crippen LogP contribution in [0.2, 0.25) is 0 Å². The number of nitrogens with zero attached hydrogens (tertiary/aromatic N) is 1. The third kappa shape index (κ3) is 4.39. The van der Waals surface area contributed by atoms with E-state index in [-0.39, 0.29) is 30.0 Å². The zero-order chi connectivity index (χ0) is 20.3. The molecule has 0 atom stereocenters. The third-order valence-electron chi connectivity index (χ3n) is 4.80. The van der Waals surface area contributed by atoms with Crippen molar-refractivity contribution >= 4 is 17.8 Å². The van der Waals surface area contributed by atoms with Crippen molar-refractivity contribution in [2.75, 3.05) is 13.1 Å². The van der Waals surface area contributed by atoms with Crippen LogP contribution in [-0.4, -0.2) is 46.9 Å². The van der Waals surface area contributed by atoms with Gasteiger partial charge in [-0.05, 0) is 44.0 Å². The van der Waals surface area contributed by atoms with Crippen molar-refractivity contribution in [3.63, 3.8) is 0 Å². The predicted molar refractivity (Wildman–Crippen MR) is 97.6 cm³/mol. The van der Waals surface area contributed by atoms with E-state index >= 15 is 0 Å². The molecule has 0 spiro atoms. The fraction of sp³-hybridized carbons (Fsp3) is 0.350. The number of furan rings is 1. The summed E-state index contributed by atoms with van der Waals surface area (Å²) in [5, 5.41) is 11.9. The second-order valence-corrected chi connectivity index (χ2v) is 6.83. The topological polar surface area (TPSA) is 99.8 Å². The molecule has 148 valence electrons. The first kappa shape index (κ1) is 19.6. The summed E-state index contributed by atoms with van der Waals surface area (Å²) < 4.78 is 18.2. The summed E-state index contributed by atoms with van der Waals surface area (Å²) in [5.74, 6) is -1.85. The minimum atomic E-state index is -1.06. The summed E-state index contributed by atoms with van der Waals surface area (Å²) in [6, 6.07) is 5.23. The van der Waals surface area contributed by atoms with Crippen LogP contribution < -0.4 is 5.32 Å². The standard InChI is InChI=1S/C20H21FN2O5/c1-12-11-28-16(10-17(24)25)18(12)20(27)23-8-6-15(7-9-23)22-19(26)13-2-4-14(21)5-3-13/h2-5,11,15H,6-10H2,1H3,(H,22,26)(H,24,25). The zero-order valence-electron chi connectivity index (χ0n) is 15.4. The van der Waals surface area contributed by atoms with Gasteiger partial charge in [-0.15, -0.1) is 0 Å². The van der Waals surface area contributed by atoms with Crippen LogP contribution in [0.15, 0.2) is 34.9 Å². The number of hydrogen-bond acceptors (Lipinski definition) is 4. The number of aliphatic carboxylic acids is 1. The van der Waals surface area contributed by atoms with Crippen molar-refractivity contribution < 1.29 is 28.3 Å². The number of carboxylic acid groups (broad SMARTS) is 1. The van der Waals surface area contributed by atoms with Crippen LogP contribution in [0.4, 0.5) is 4.39 Å². The smallest absolute Gasteiger partial charge is 0.311 e. The molecule has 8 heteroatoms. The molecule has 3 rings (SSSR count). The lowest BCUT2D eigenvalue weighted by Gasteiger charge is -2.32. The van der Waals surface area contributed by atoms with Crippen molar-refractivity contribution in [3.05, 3.63) is 58.8 Å². The molecule has 1 aromatic carbocycles. The van der Waals surface area contributed by atoms with Crippen molar-refractivity contribution in [1.29, 1.82) is 0 Å². The largest absolute Gasteiger partial charge is 0.481 e. The second kappa shape index (κ2) is 8.24. The lowest BCUT2D eigenvalue weighted by molar-refractivity contribution is -0.136. The lowest BCUT2D eigenvalue weighted by atomic mass is 10.0. The molecule has 0 radical (unpaired) electrons. The number of halogens is 1. The van der Waals surface area contributed by atoms with E-state index in [0.717, 1.165) is 0 Å². The maximum Gasteiger partial charge on any atom is 0.311 e. The van der Waals surface area contributed by atoms with Crippen LogP contribution in [0.3, 0.4) is 0 Å². The highest BCUT2D eigenvalue weighted by atomic mass is 19.1. The van der Waals surface area contributed by atoms with Gasteiger partial charge in [0.1, 0.15) is 18.0 Å². The predicted octanol–water partition coefficient (Wildman–Crippen LogP) is 2.39. The van der Waals surface area contributed by atoms with E-state index in [4.69, 9.17) is 9.52 Å². The molecular formula is C20H21FN2O5. The SMILES string of the molecule is Cc1coc(CC(=O)O)c1C(=O)N1CCC(NC(=O)c2ccc(F)cc2)CC1. The number of likely N-dealkylation sites (tertiary alicyclic amines) is 1. The molecule has 1 saturated heterocycles. The van der Waals surface area contributed by atoms with Gasteiger partial charge in [-0.2, -0.15) is 0 Å². The third-order valence-corrected chi connectivity index (χ3v) is 4.80. The number of carbonyl (C=O) groups excluding carboxylic acids is 2. The van der Waals surface area contributed by atoms with E-state index < -0.39 is 11.8 Å². The molecule has 1 fully saturated rings. The van der Waals surface area contributed by atoms with E-state index in [1.165, 1.54) is 30.5 Å².